The fourth-order valence-electron chi connectivity index (χ4n) is 1.44. The van der Waals surface area contributed by atoms with Crippen molar-refractivity contribution in [3.8, 4) is 11.5 Å². The van der Waals surface area contributed by atoms with Crippen molar-refractivity contribution in [3.05, 3.63) is 35.7 Å². The van der Waals surface area contributed by atoms with Gasteiger partial charge in [0.2, 0.25) is 5.89 Å². The number of carbonyl (C=O) groups is 1. The molecule has 5 nitrogen and oxygen atoms in total. The molecular formula is C11H5F5N2O3. The Balaban J connectivity index is 2.49. The molecule has 0 spiro atoms. The van der Waals surface area contributed by atoms with Crippen molar-refractivity contribution in [3.63, 3.8) is 0 Å². The van der Waals surface area contributed by atoms with Crippen LogP contribution < -0.4 is 0 Å². The molecule has 0 saturated carbocycles. The smallest absolute Gasteiger partial charge is 0.463 e. The normalized spacial score (nSPS) is 12.4. The number of aromatic nitrogens is 2. The molecule has 0 atom stereocenters. The van der Waals surface area contributed by atoms with Crippen LogP contribution in [0.2, 0.25) is 0 Å². The monoisotopic (exact) mass is 308 g/mol. The lowest BCUT2D eigenvalue weighted by Crippen LogP contribution is -2.34. The van der Waals surface area contributed by atoms with Crippen LogP contribution in [0.4, 0.5) is 22.0 Å². The van der Waals surface area contributed by atoms with E-state index in [2.05, 4.69) is 14.6 Å². The summed E-state index contributed by atoms with van der Waals surface area (Å²) in [6.07, 6.45) is -5.90. The lowest BCUT2D eigenvalue weighted by atomic mass is 10.1. The lowest BCUT2D eigenvalue weighted by Gasteiger charge is -2.14. The van der Waals surface area contributed by atoms with Crippen LogP contribution in [-0.2, 0) is 5.92 Å². The van der Waals surface area contributed by atoms with Crippen molar-refractivity contribution in [1.82, 2.24) is 10.2 Å². The number of alkyl halides is 5. The van der Waals surface area contributed by atoms with E-state index in [1.54, 1.807) is 0 Å². The van der Waals surface area contributed by atoms with E-state index < -0.39 is 29.8 Å². The maximum atomic E-state index is 13.0. The van der Waals surface area contributed by atoms with Gasteiger partial charge < -0.3 is 9.52 Å². The van der Waals surface area contributed by atoms with E-state index in [1.165, 1.54) is 12.1 Å². The van der Waals surface area contributed by atoms with Crippen LogP contribution in [-0.4, -0.2) is 27.4 Å². The lowest BCUT2D eigenvalue weighted by molar-refractivity contribution is -0.297. The van der Waals surface area contributed by atoms with Crippen LogP contribution >= 0.6 is 0 Å². The average Bonchev–Trinajstić information content (AvgIpc) is 2.87. The molecular weight excluding hydrogens is 303 g/mol. The highest BCUT2D eigenvalue weighted by atomic mass is 19.4. The van der Waals surface area contributed by atoms with Gasteiger partial charge in [-0.3, -0.25) is 0 Å². The minimum atomic E-state index is -5.90. The summed E-state index contributed by atoms with van der Waals surface area (Å²) in [5.41, 5.74) is -0.634. The van der Waals surface area contributed by atoms with Crippen molar-refractivity contribution in [1.29, 1.82) is 0 Å². The Hall–Kier alpha value is -2.52. The second-order valence-electron chi connectivity index (χ2n) is 3.84. The molecule has 0 radical (unpaired) electrons. The molecule has 0 unspecified atom stereocenters. The van der Waals surface area contributed by atoms with Crippen LogP contribution in [0.25, 0.3) is 11.5 Å². The maximum absolute atomic E-state index is 13.0. The zero-order valence-electron chi connectivity index (χ0n) is 9.86. The zero-order valence-corrected chi connectivity index (χ0v) is 9.86. The van der Waals surface area contributed by atoms with Crippen LogP contribution in [0.15, 0.2) is 28.7 Å². The third kappa shape index (κ3) is 2.56. The minimum Gasteiger partial charge on any atom is -0.478 e. The van der Waals surface area contributed by atoms with Crippen LogP contribution in [0.3, 0.4) is 0 Å². The van der Waals surface area contributed by atoms with E-state index in [-0.39, 0.29) is 11.1 Å². The SMILES string of the molecule is O=C(O)c1ccccc1-c1nnc(C(F)(F)C(F)(F)F)o1. The molecule has 0 aliphatic rings. The highest BCUT2D eigenvalue weighted by Crippen LogP contribution is 2.43. The minimum absolute atomic E-state index is 0.262. The van der Waals surface area contributed by atoms with Gasteiger partial charge in [-0.2, -0.15) is 22.0 Å². The molecule has 1 N–H and O–H groups in total. The topological polar surface area (TPSA) is 76.2 Å². The van der Waals surface area contributed by atoms with E-state index in [4.69, 9.17) is 5.11 Å². The first-order valence-corrected chi connectivity index (χ1v) is 5.26. The predicted molar refractivity (Wildman–Crippen MR) is 56.6 cm³/mol. The number of halogens is 5. The summed E-state index contributed by atoms with van der Waals surface area (Å²) < 4.78 is 66.8. The van der Waals surface area contributed by atoms with Gasteiger partial charge in [0.25, 0.3) is 5.89 Å². The fraction of sp³-hybridized carbons (Fsp3) is 0.182. The van der Waals surface area contributed by atoms with Gasteiger partial charge in [-0.05, 0) is 12.1 Å². The molecule has 10 heteroatoms. The highest BCUT2D eigenvalue weighted by Gasteiger charge is 2.63. The summed E-state index contributed by atoms with van der Waals surface area (Å²) in [6, 6.07) is 4.94. The number of carboxylic acid groups (broad SMARTS) is 1. The molecule has 1 aromatic heterocycles. The van der Waals surface area contributed by atoms with E-state index in [9.17, 15) is 26.7 Å². The number of nitrogens with zero attached hydrogens (tertiary/aromatic N) is 2. The Bertz CT molecular complexity index is 680. The summed E-state index contributed by atoms with van der Waals surface area (Å²) in [7, 11) is 0. The molecule has 21 heavy (non-hydrogen) atoms. The summed E-state index contributed by atoms with van der Waals surface area (Å²) in [4.78, 5) is 10.9. The Morgan fingerprint density at radius 3 is 2.29 bits per heavy atom. The van der Waals surface area contributed by atoms with Crippen LogP contribution in [0, 0.1) is 0 Å². The summed E-state index contributed by atoms with van der Waals surface area (Å²) in [5, 5.41) is 14.6. The molecule has 0 amide bonds. The first kappa shape index (κ1) is 14.9. The highest BCUT2D eigenvalue weighted by molar-refractivity contribution is 5.94. The standard InChI is InChI=1S/C11H5F5N2O3/c12-10(13,11(14,15)16)9-18-17-7(21-9)5-3-1-2-4-6(5)8(19)20/h1-4H,(H,19,20). The average molecular weight is 308 g/mol. The number of benzene rings is 1. The van der Waals surface area contributed by atoms with E-state index >= 15 is 0 Å². The number of carboxylic acids is 1. The van der Waals surface area contributed by atoms with Gasteiger partial charge >= 0.3 is 18.1 Å². The second kappa shape index (κ2) is 4.79. The predicted octanol–water partition coefficient (Wildman–Crippen LogP) is 3.09. The Kier molecular flexibility index (Phi) is 3.39. The summed E-state index contributed by atoms with van der Waals surface area (Å²) in [5.74, 6) is -9.44. The number of rotatable bonds is 3. The molecule has 2 aromatic rings. The van der Waals surface area contributed by atoms with Crippen molar-refractivity contribution in [2.24, 2.45) is 0 Å². The summed E-state index contributed by atoms with van der Waals surface area (Å²) >= 11 is 0. The first-order chi connectivity index (χ1) is 9.64. The molecule has 0 bridgehead atoms. The molecule has 112 valence electrons. The Labute approximate surface area is 113 Å². The Morgan fingerprint density at radius 1 is 1.10 bits per heavy atom. The molecule has 2 rings (SSSR count). The number of hydrogen-bond donors (Lipinski definition) is 1. The van der Waals surface area contributed by atoms with E-state index in [1.807, 2.05) is 0 Å². The molecule has 0 aliphatic carbocycles. The van der Waals surface area contributed by atoms with E-state index in [0.717, 1.165) is 12.1 Å². The fourth-order valence-corrected chi connectivity index (χ4v) is 1.44. The van der Waals surface area contributed by atoms with Gasteiger partial charge in [-0.25, -0.2) is 4.79 Å². The maximum Gasteiger partial charge on any atom is 0.463 e. The quantitative estimate of drug-likeness (QED) is 0.882. The van der Waals surface area contributed by atoms with Gasteiger partial charge in [0.05, 0.1) is 11.1 Å². The zero-order chi connectivity index (χ0) is 15.8. The number of hydrogen-bond acceptors (Lipinski definition) is 4. The molecule has 1 heterocycles. The van der Waals surface area contributed by atoms with Crippen molar-refractivity contribution >= 4 is 5.97 Å². The van der Waals surface area contributed by atoms with Gasteiger partial charge in [0, 0.05) is 0 Å². The molecule has 0 fully saturated rings. The summed E-state index contributed by atoms with van der Waals surface area (Å²) in [6.45, 7) is 0. The first-order valence-electron chi connectivity index (χ1n) is 5.26. The third-order valence-corrected chi connectivity index (χ3v) is 2.44. The van der Waals surface area contributed by atoms with Gasteiger partial charge in [-0.1, -0.05) is 12.1 Å². The van der Waals surface area contributed by atoms with Gasteiger partial charge in [0.1, 0.15) is 0 Å². The second-order valence-corrected chi connectivity index (χ2v) is 3.84. The van der Waals surface area contributed by atoms with Crippen molar-refractivity contribution < 1.29 is 36.3 Å². The number of aromatic carboxylic acids is 1. The van der Waals surface area contributed by atoms with Gasteiger partial charge in [0.15, 0.2) is 0 Å². The Morgan fingerprint density at radius 2 is 1.71 bits per heavy atom. The van der Waals surface area contributed by atoms with E-state index in [0.29, 0.717) is 0 Å². The van der Waals surface area contributed by atoms with Crippen molar-refractivity contribution in [2.75, 3.05) is 0 Å². The van der Waals surface area contributed by atoms with Crippen LogP contribution in [0.5, 0.6) is 0 Å². The van der Waals surface area contributed by atoms with Crippen LogP contribution in [0.1, 0.15) is 16.2 Å². The molecule has 0 aliphatic heterocycles. The van der Waals surface area contributed by atoms with Crippen molar-refractivity contribution in [2.45, 2.75) is 12.1 Å². The van der Waals surface area contributed by atoms with Gasteiger partial charge in [-0.15, -0.1) is 10.2 Å². The largest absolute Gasteiger partial charge is 0.478 e. The molecule has 0 saturated heterocycles. The third-order valence-electron chi connectivity index (χ3n) is 2.44. The molecule has 1 aromatic carbocycles.